The van der Waals surface area contributed by atoms with E-state index in [1.807, 2.05) is 18.2 Å². The molecule has 2 N–H and O–H groups in total. The highest BCUT2D eigenvalue weighted by atomic mass is 35.5. The minimum absolute atomic E-state index is 0. The number of halogens is 1. The fraction of sp³-hybridized carbons (Fsp3) is 0.353. The number of hydrogen-bond donors (Lipinski definition) is 2. The highest BCUT2D eigenvalue weighted by Crippen LogP contribution is 2.18. The summed E-state index contributed by atoms with van der Waals surface area (Å²) in [5, 5.41) is 10.0. The molecule has 25 heavy (non-hydrogen) atoms. The van der Waals surface area contributed by atoms with Gasteiger partial charge in [-0.05, 0) is 30.8 Å². The molecule has 0 spiro atoms. The second kappa shape index (κ2) is 8.75. The summed E-state index contributed by atoms with van der Waals surface area (Å²) < 4.78 is 5.30. The van der Waals surface area contributed by atoms with Gasteiger partial charge in [-0.1, -0.05) is 17.3 Å². The summed E-state index contributed by atoms with van der Waals surface area (Å²) in [6.07, 6.45) is 3.66. The number of rotatable bonds is 4. The topological polar surface area (TPSA) is 83.3 Å². The fourth-order valence-corrected chi connectivity index (χ4v) is 2.60. The molecule has 0 aliphatic carbocycles. The van der Waals surface area contributed by atoms with E-state index in [0.717, 1.165) is 25.2 Å². The molecule has 1 unspecified atom stereocenters. The highest BCUT2D eigenvalue weighted by molar-refractivity contribution is 5.94. The van der Waals surface area contributed by atoms with E-state index >= 15 is 0 Å². The average molecular weight is 364 g/mol. The van der Waals surface area contributed by atoms with E-state index in [1.165, 1.54) is 0 Å². The Morgan fingerprint density at radius 2 is 2.12 bits per heavy atom. The molecule has 2 heterocycles. The van der Waals surface area contributed by atoms with Crippen LogP contribution >= 0.6 is 12.4 Å². The monoisotopic (exact) mass is 363 g/mol. The van der Waals surface area contributed by atoms with Crippen molar-refractivity contribution in [1.29, 1.82) is 0 Å². The van der Waals surface area contributed by atoms with E-state index in [4.69, 9.17) is 4.52 Å². The maximum atomic E-state index is 11.5. The molecule has 134 valence electrons. The summed E-state index contributed by atoms with van der Waals surface area (Å²) in [5.41, 5.74) is 1.58. The van der Waals surface area contributed by atoms with Crippen molar-refractivity contribution in [3.05, 3.63) is 47.1 Å². The first-order valence-electron chi connectivity index (χ1n) is 7.92. The number of likely N-dealkylation sites (N-methyl/N-ethyl adjacent to an activating group) is 1. The van der Waals surface area contributed by atoms with Crippen LogP contribution in [0.4, 0.5) is 0 Å². The van der Waals surface area contributed by atoms with Gasteiger partial charge in [0.05, 0.1) is 6.04 Å². The van der Waals surface area contributed by atoms with E-state index in [9.17, 15) is 4.79 Å². The number of piperazine rings is 1. The number of carbonyl (C=O) groups is 1. The third kappa shape index (κ3) is 4.66. The normalized spacial score (nSPS) is 18.1. The molecule has 3 rings (SSSR count). The van der Waals surface area contributed by atoms with Gasteiger partial charge in [0.1, 0.15) is 0 Å². The van der Waals surface area contributed by atoms with Gasteiger partial charge in [-0.15, -0.1) is 12.4 Å². The summed E-state index contributed by atoms with van der Waals surface area (Å²) in [5.74, 6) is 1.07. The Hall–Kier alpha value is -2.22. The van der Waals surface area contributed by atoms with Crippen molar-refractivity contribution < 1.29 is 9.32 Å². The predicted molar refractivity (Wildman–Crippen MR) is 98.5 cm³/mol. The van der Waals surface area contributed by atoms with Gasteiger partial charge in [-0.3, -0.25) is 9.69 Å². The Bertz CT molecular complexity index is 729. The first-order valence-corrected chi connectivity index (χ1v) is 7.92. The van der Waals surface area contributed by atoms with Crippen LogP contribution in [-0.4, -0.2) is 54.7 Å². The Balaban J connectivity index is 0.00000225. The van der Waals surface area contributed by atoms with Crippen molar-refractivity contribution in [3.63, 3.8) is 0 Å². The van der Waals surface area contributed by atoms with Crippen LogP contribution in [0.2, 0.25) is 0 Å². The molecule has 1 amide bonds. The van der Waals surface area contributed by atoms with Crippen molar-refractivity contribution >= 4 is 30.5 Å². The van der Waals surface area contributed by atoms with Gasteiger partial charge < -0.3 is 15.2 Å². The second-order valence-electron chi connectivity index (χ2n) is 5.73. The molecule has 1 aliphatic rings. The number of amides is 1. The van der Waals surface area contributed by atoms with Crippen LogP contribution in [0.1, 0.15) is 33.7 Å². The minimum atomic E-state index is -0.0997. The van der Waals surface area contributed by atoms with Gasteiger partial charge in [-0.2, -0.15) is 4.98 Å². The first-order chi connectivity index (χ1) is 11.7. The van der Waals surface area contributed by atoms with E-state index < -0.39 is 0 Å². The molecule has 0 bridgehead atoms. The maximum absolute atomic E-state index is 11.5. The third-order valence-electron chi connectivity index (χ3n) is 4.08. The smallest absolute Gasteiger partial charge is 0.251 e. The Labute approximate surface area is 152 Å². The maximum Gasteiger partial charge on any atom is 0.251 e. The van der Waals surface area contributed by atoms with Crippen LogP contribution in [0.15, 0.2) is 28.8 Å². The lowest BCUT2D eigenvalue weighted by Gasteiger charge is -2.30. The zero-order chi connectivity index (χ0) is 16.9. The third-order valence-corrected chi connectivity index (χ3v) is 4.08. The van der Waals surface area contributed by atoms with Crippen LogP contribution in [0, 0.1) is 0 Å². The summed E-state index contributed by atoms with van der Waals surface area (Å²) in [6.45, 7) is 2.76. The average Bonchev–Trinajstić information content (AvgIpc) is 3.09. The number of benzene rings is 1. The number of aromatic nitrogens is 2. The molecule has 8 heteroatoms. The number of hydrogen-bond acceptors (Lipinski definition) is 6. The Morgan fingerprint density at radius 1 is 1.36 bits per heavy atom. The van der Waals surface area contributed by atoms with Crippen LogP contribution in [0.25, 0.3) is 12.2 Å². The quantitative estimate of drug-likeness (QED) is 0.858. The Morgan fingerprint density at radius 3 is 2.80 bits per heavy atom. The lowest BCUT2D eigenvalue weighted by Crippen LogP contribution is -2.44. The fourth-order valence-electron chi connectivity index (χ4n) is 2.60. The molecule has 1 saturated heterocycles. The number of carbonyl (C=O) groups excluding carboxylic acids is 1. The largest absolute Gasteiger partial charge is 0.355 e. The lowest BCUT2D eigenvalue weighted by atomic mass is 10.1. The molecule has 1 aromatic heterocycles. The van der Waals surface area contributed by atoms with Crippen LogP contribution in [-0.2, 0) is 0 Å². The summed E-state index contributed by atoms with van der Waals surface area (Å²) >= 11 is 0. The standard InChI is InChI=1S/C17H21N5O2.ClH/c1-18-17(23)13-6-3-12(4-7-13)5-8-15-20-16(21-24-15)14-11-19-9-10-22(14)2;/h3-8,14,19H,9-11H2,1-2H3,(H,18,23);1H/b8-5+;. The highest BCUT2D eigenvalue weighted by Gasteiger charge is 2.24. The van der Waals surface area contributed by atoms with Crippen molar-refractivity contribution in [1.82, 2.24) is 25.7 Å². The number of nitrogens with one attached hydrogen (secondary N) is 2. The van der Waals surface area contributed by atoms with Gasteiger partial charge in [0, 0.05) is 38.3 Å². The van der Waals surface area contributed by atoms with E-state index in [1.54, 1.807) is 25.3 Å². The van der Waals surface area contributed by atoms with E-state index in [0.29, 0.717) is 17.3 Å². The number of nitrogens with zero attached hydrogens (tertiary/aromatic N) is 3. The van der Waals surface area contributed by atoms with Crippen LogP contribution in [0.5, 0.6) is 0 Å². The van der Waals surface area contributed by atoms with Gasteiger partial charge in [0.15, 0.2) is 5.82 Å². The molecule has 0 saturated carbocycles. The molecule has 1 atom stereocenters. The summed E-state index contributed by atoms with van der Waals surface area (Å²) in [4.78, 5) is 18.2. The van der Waals surface area contributed by atoms with Crippen molar-refractivity contribution in [2.75, 3.05) is 33.7 Å². The van der Waals surface area contributed by atoms with Crippen molar-refractivity contribution in [2.45, 2.75) is 6.04 Å². The van der Waals surface area contributed by atoms with Crippen molar-refractivity contribution in [2.24, 2.45) is 0 Å². The van der Waals surface area contributed by atoms with Crippen LogP contribution in [0.3, 0.4) is 0 Å². The summed E-state index contributed by atoms with van der Waals surface area (Å²) in [7, 11) is 3.67. The SMILES string of the molecule is CNC(=O)c1ccc(/C=C/c2nc(C3CNCCN3C)no2)cc1.Cl. The lowest BCUT2D eigenvalue weighted by molar-refractivity contribution is 0.0963. The van der Waals surface area contributed by atoms with Gasteiger partial charge in [-0.25, -0.2) is 0 Å². The molecular weight excluding hydrogens is 342 g/mol. The Kier molecular flexibility index (Phi) is 6.69. The van der Waals surface area contributed by atoms with Crippen LogP contribution < -0.4 is 10.6 Å². The van der Waals surface area contributed by atoms with E-state index in [2.05, 4.69) is 32.7 Å². The first kappa shape index (κ1) is 19.1. The molecule has 1 fully saturated rings. The molecule has 1 aromatic carbocycles. The van der Waals surface area contributed by atoms with Crippen molar-refractivity contribution in [3.8, 4) is 0 Å². The molecular formula is C17H22ClN5O2. The second-order valence-corrected chi connectivity index (χ2v) is 5.73. The van der Waals surface area contributed by atoms with E-state index in [-0.39, 0.29) is 24.4 Å². The minimum Gasteiger partial charge on any atom is -0.355 e. The molecule has 0 radical (unpaired) electrons. The zero-order valence-corrected chi connectivity index (χ0v) is 15.0. The van der Waals surface area contributed by atoms with Gasteiger partial charge in [0.25, 0.3) is 11.8 Å². The molecule has 7 nitrogen and oxygen atoms in total. The molecule has 2 aromatic rings. The van der Waals surface area contributed by atoms with Gasteiger partial charge >= 0.3 is 0 Å². The predicted octanol–water partition coefficient (Wildman–Crippen LogP) is 1.60. The summed E-state index contributed by atoms with van der Waals surface area (Å²) in [6, 6.07) is 7.44. The zero-order valence-electron chi connectivity index (χ0n) is 14.2. The molecule has 1 aliphatic heterocycles. The van der Waals surface area contributed by atoms with Gasteiger partial charge in [0.2, 0.25) is 0 Å².